The second kappa shape index (κ2) is 6.77. The first-order chi connectivity index (χ1) is 12.2. The van der Waals surface area contributed by atoms with Gasteiger partial charge in [-0.05, 0) is 54.3 Å². The molecule has 0 spiro atoms. The SMILES string of the molecule is Cc1cc(C(c2ccc(OS(N)(=O)=O)c(C)c2)n2cncn2)ccc1N. The molecule has 0 bridgehead atoms. The van der Waals surface area contributed by atoms with Crippen LogP contribution in [0.2, 0.25) is 0 Å². The summed E-state index contributed by atoms with van der Waals surface area (Å²) in [7, 11) is -4.08. The molecular formula is C17H19N5O3S. The molecule has 0 aliphatic heterocycles. The van der Waals surface area contributed by atoms with Crippen LogP contribution in [0, 0.1) is 13.8 Å². The molecular weight excluding hydrogens is 354 g/mol. The Labute approximate surface area is 151 Å². The normalized spacial score (nSPS) is 12.7. The van der Waals surface area contributed by atoms with E-state index in [9.17, 15) is 8.42 Å². The van der Waals surface area contributed by atoms with Crippen LogP contribution in [-0.2, 0) is 10.3 Å². The molecule has 0 aliphatic rings. The quantitative estimate of drug-likeness (QED) is 0.656. The second-order valence-corrected chi connectivity index (χ2v) is 7.15. The number of aromatic nitrogens is 3. The van der Waals surface area contributed by atoms with Gasteiger partial charge >= 0.3 is 10.3 Å². The van der Waals surface area contributed by atoms with Crippen LogP contribution in [-0.4, -0.2) is 23.2 Å². The van der Waals surface area contributed by atoms with Gasteiger partial charge in [-0.1, -0.05) is 18.2 Å². The molecule has 2 aromatic carbocycles. The van der Waals surface area contributed by atoms with Crippen molar-refractivity contribution in [2.75, 3.05) is 5.73 Å². The van der Waals surface area contributed by atoms with Gasteiger partial charge in [0.1, 0.15) is 24.4 Å². The molecule has 3 rings (SSSR count). The van der Waals surface area contributed by atoms with Gasteiger partial charge in [0.15, 0.2) is 0 Å². The van der Waals surface area contributed by atoms with E-state index in [1.807, 2.05) is 31.2 Å². The second-order valence-electron chi connectivity index (χ2n) is 6.00. The zero-order chi connectivity index (χ0) is 18.9. The predicted octanol–water partition coefficient (Wildman–Crippen LogP) is 1.70. The Hall–Kier alpha value is -2.91. The fourth-order valence-corrected chi connectivity index (χ4v) is 3.22. The Bertz CT molecular complexity index is 1030. The number of benzene rings is 2. The van der Waals surface area contributed by atoms with Gasteiger partial charge in [0, 0.05) is 5.69 Å². The lowest BCUT2D eigenvalue weighted by molar-refractivity contribution is 0.485. The lowest BCUT2D eigenvalue weighted by Gasteiger charge is -2.20. The van der Waals surface area contributed by atoms with E-state index in [1.54, 1.807) is 30.1 Å². The highest BCUT2D eigenvalue weighted by molar-refractivity contribution is 7.84. The van der Waals surface area contributed by atoms with Gasteiger partial charge in [-0.2, -0.15) is 18.7 Å². The van der Waals surface area contributed by atoms with E-state index in [0.717, 1.165) is 16.7 Å². The third-order valence-electron chi connectivity index (χ3n) is 4.03. The summed E-state index contributed by atoms with van der Waals surface area (Å²) >= 11 is 0. The maximum atomic E-state index is 11.2. The van der Waals surface area contributed by atoms with Crippen LogP contribution in [0.15, 0.2) is 49.1 Å². The Morgan fingerprint density at radius 1 is 1.08 bits per heavy atom. The molecule has 0 aliphatic carbocycles. The van der Waals surface area contributed by atoms with Crippen LogP contribution in [0.1, 0.15) is 28.3 Å². The number of hydrogen-bond acceptors (Lipinski definition) is 6. The Kier molecular flexibility index (Phi) is 4.66. The smallest absolute Gasteiger partial charge is 0.380 e. The van der Waals surface area contributed by atoms with E-state index in [0.29, 0.717) is 11.3 Å². The van der Waals surface area contributed by atoms with Crippen LogP contribution in [0.4, 0.5) is 5.69 Å². The predicted molar refractivity (Wildman–Crippen MR) is 97.8 cm³/mol. The van der Waals surface area contributed by atoms with Gasteiger partial charge < -0.3 is 9.92 Å². The molecule has 1 unspecified atom stereocenters. The largest absolute Gasteiger partial charge is 0.399 e. The van der Waals surface area contributed by atoms with Crippen molar-refractivity contribution in [3.05, 3.63) is 71.3 Å². The van der Waals surface area contributed by atoms with Crippen molar-refractivity contribution in [2.24, 2.45) is 5.14 Å². The molecule has 1 aromatic heterocycles. The Morgan fingerprint density at radius 3 is 2.27 bits per heavy atom. The Morgan fingerprint density at radius 2 is 1.73 bits per heavy atom. The first kappa shape index (κ1) is 17.9. The number of anilines is 1. The van der Waals surface area contributed by atoms with E-state index in [-0.39, 0.29) is 11.8 Å². The molecule has 1 heterocycles. The molecule has 0 amide bonds. The summed E-state index contributed by atoms with van der Waals surface area (Å²) in [6, 6.07) is 10.7. The number of hydrogen-bond donors (Lipinski definition) is 2. The van der Waals surface area contributed by atoms with Crippen molar-refractivity contribution in [1.29, 1.82) is 0 Å². The maximum Gasteiger partial charge on any atom is 0.380 e. The third kappa shape index (κ3) is 3.84. The van der Waals surface area contributed by atoms with Crippen molar-refractivity contribution in [2.45, 2.75) is 19.9 Å². The van der Waals surface area contributed by atoms with Gasteiger partial charge in [0.25, 0.3) is 0 Å². The summed E-state index contributed by atoms with van der Waals surface area (Å²) < 4.78 is 28.9. The minimum absolute atomic E-state index is 0.182. The van der Waals surface area contributed by atoms with Crippen LogP contribution < -0.4 is 15.1 Å². The summed E-state index contributed by atoms with van der Waals surface area (Å²) in [5.41, 5.74) is 10.1. The minimum atomic E-state index is -4.08. The highest BCUT2D eigenvalue weighted by Crippen LogP contribution is 2.31. The Balaban J connectivity index is 2.08. The number of nitrogens with two attached hydrogens (primary N) is 2. The molecule has 8 nitrogen and oxygen atoms in total. The summed E-state index contributed by atoms with van der Waals surface area (Å²) in [4.78, 5) is 4.03. The first-order valence-electron chi connectivity index (χ1n) is 7.77. The number of nitrogens with zero attached hydrogens (tertiary/aromatic N) is 3. The summed E-state index contributed by atoms with van der Waals surface area (Å²) in [6.07, 6.45) is 3.09. The molecule has 9 heteroatoms. The summed E-state index contributed by atoms with van der Waals surface area (Å²) in [5, 5.41) is 9.21. The van der Waals surface area contributed by atoms with Gasteiger partial charge in [0.2, 0.25) is 0 Å². The van der Waals surface area contributed by atoms with E-state index >= 15 is 0 Å². The van der Waals surface area contributed by atoms with Crippen LogP contribution in [0.25, 0.3) is 0 Å². The average molecular weight is 373 g/mol. The van der Waals surface area contributed by atoms with Crippen molar-refractivity contribution >= 4 is 16.0 Å². The van der Waals surface area contributed by atoms with Crippen molar-refractivity contribution in [3.8, 4) is 5.75 Å². The average Bonchev–Trinajstić information content (AvgIpc) is 3.06. The molecule has 4 N–H and O–H groups in total. The fraction of sp³-hybridized carbons (Fsp3) is 0.176. The third-order valence-corrected chi connectivity index (χ3v) is 4.44. The molecule has 136 valence electrons. The van der Waals surface area contributed by atoms with Gasteiger partial charge in [-0.15, -0.1) is 0 Å². The first-order valence-corrected chi connectivity index (χ1v) is 9.24. The summed E-state index contributed by atoms with van der Waals surface area (Å²) in [6.45, 7) is 3.68. The topological polar surface area (TPSA) is 126 Å². The molecule has 0 saturated heterocycles. The molecule has 3 aromatic rings. The molecule has 26 heavy (non-hydrogen) atoms. The molecule has 1 atom stereocenters. The highest BCUT2D eigenvalue weighted by atomic mass is 32.2. The monoisotopic (exact) mass is 373 g/mol. The van der Waals surface area contributed by atoms with Crippen molar-refractivity contribution < 1.29 is 12.6 Å². The molecule has 0 fully saturated rings. The molecule has 0 radical (unpaired) electrons. The fourth-order valence-electron chi connectivity index (χ4n) is 2.78. The standard InChI is InChI=1S/C17H19N5O3S/c1-11-7-13(3-5-15(11)18)17(22-10-20-9-21-22)14-4-6-16(12(2)8-14)25-26(19,23)24/h3-10,17H,18H2,1-2H3,(H2,19,23,24). The highest BCUT2D eigenvalue weighted by Gasteiger charge is 2.19. The lowest BCUT2D eigenvalue weighted by atomic mass is 9.95. The lowest BCUT2D eigenvalue weighted by Crippen LogP contribution is -2.19. The number of rotatable bonds is 5. The van der Waals surface area contributed by atoms with E-state index in [2.05, 4.69) is 10.1 Å². The van der Waals surface area contributed by atoms with Crippen LogP contribution in [0.3, 0.4) is 0 Å². The van der Waals surface area contributed by atoms with Crippen LogP contribution in [0.5, 0.6) is 5.75 Å². The van der Waals surface area contributed by atoms with Crippen LogP contribution >= 0.6 is 0 Å². The van der Waals surface area contributed by atoms with E-state index in [4.69, 9.17) is 15.1 Å². The van der Waals surface area contributed by atoms with Gasteiger partial charge in [0.05, 0.1) is 0 Å². The van der Waals surface area contributed by atoms with E-state index in [1.165, 1.54) is 6.33 Å². The van der Waals surface area contributed by atoms with Crippen molar-refractivity contribution in [1.82, 2.24) is 14.8 Å². The maximum absolute atomic E-state index is 11.2. The van der Waals surface area contributed by atoms with Crippen molar-refractivity contribution in [3.63, 3.8) is 0 Å². The number of nitrogen functional groups attached to an aromatic ring is 1. The minimum Gasteiger partial charge on any atom is -0.399 e. The number of aryl methyl sites for hydroxylation is 2. The summed E-state index contributed by atoms with van der Waals surface area (Å²) in [5.74, 6) is 0.182. The van der Waals surface area contributed by atoms with Gasteiger partial charge in [-0.25, -0.2) is 9.67 Å². The zero-order valence-corrected chi connectivity index (χ0v) is 15.1. The van der Waals surface area contributed by atoms with Gasteiger partial charge in [-0.3, -0.25) is 0 Å². The van der Waals surface area contributed by atoms with E-state index < -0.39 is 10.3 Å². The zero-order valence-electron chi connectivity index (χ0n) is 14.3. The molecule has 0 saturated carbocycles.